The van der Waals surface area contributed by atoms with Gasteiger partial charge in [-0.3, -0.25) is 0 Å². The lowest BCUT2D eigenvalue weighted by Gasteiger charge is -2.19. The van der Waals surface area contributed by atoms with Gasteiger partial charge in [0.1, 0.15) is 0 Å². The Balaban J connectivity index is 1.52. The Morgan fingerprint density at radius 1 is 0.304 bits per heavy atom. The zero-order valence-corrected chi connectivity index (χ0v) is 24.8. The summed E-state index contributed by atoms with van der Waals surface area (Å²) in [6.07, 6.45) is 0. The molecule has 9 aromatic carbocycles. The van der Waals surface area contributed by atoms with Gasteiger partial charge in [-0.1, -0.05) is 158 Å². The van der Waals surface area contributed by atoms with Crippen LogP contribution in [0.3, 0.4) is 0 Å². The Hall–Kier alpha value is -5.98. The zero-order chi connectivity index (χ0) is 36.5. The normalized spacial score (nSPS) is 13.6. The minimum atomic E-state index is -0.386. The van der Waals surface area contributed by atoms with Crippen molar-refractivity contribution in [2.24, 2.45) is 0 Å². The molecule has 0 spiro atoms. The van der Waals surface area contributed by atoms with Crippen LogP contribution in [0.25, 0.3) is 87.6 Å². The van der Waals surface area contributed by atoms with Crippen LogP contribution >= 0.6 is 0 Å². The second-order valence-corrected chi connectivity index (χ2v) is 11.6. The third kappa shape index (κ3) is 4.47. The van der Waals surface area contributed by atoms with Gasteiger partial charge >= 0.3 is 0 Å². The SMILES string of the molecule is [2H]c1c([2H])c([2H])c2c(-c3ccc4ccccc4c3)c3c([2H])c(-c4ccc5ccccc5c4)c([2H])c([2H])c3c(-c3cccc(-c4ccccc4)c3)c2c1[2H]. The van der Waals surface area contributed by atoms with E-state index < -0.39 is 0 Å². The van der Waals surface area contributed by atoms with Crippen molar-refractivity contribution in [3.63, 3.8) is 0 Å². The molecule has 0 saturated heterocycles. The topological polar surface area (TPSA) is 0 Å². The molecule has 0 fully saturated rings. The molecule has 0 heteroatoms. The smallest absolute Gasteiger partial charge is 0.0622 e. The molecular formula is C46H30. The van der Waals surface area contributed by atoms with Crippen molar-refractivity contribution in [2.75, 3.05) is 0 Å². The molecule has 0 heterocycles. The Labute approximate surface area is 278 Å². The van der Waals surface area contributed by atoms with E-state index in [0.29, 0.717) is 44.2 Å². The van der Waals surface area contributed by atoms with Gasteiger partial charge in [0.25, 0.3) is 0 Å². The quantitative estimate of drug-likeness (QED) is 0.179. The molecule has 0 amide bonds. The molecule has 0 atom stereocenters. The number of rotatable bonds is 4. The average molecular weight is 590 g/mol. The van der Waals surface area contributed by atoms with Crippen molar-refractivity contribution in [1.29, 1.82) is 0 Å². The molecule has 9 rings (SSSR count). The monoisotopic (exact) mass is 589 g/mol. The van der Waals surface area contributed by atoms with Gasteiger partial charge in [0, 0.05) is 0 Å². The van der Waals surface area contributed by atoms with Crippen LogP contribution in [0.4, 0.5) is 0 Å². The van der Waals surface area contributed by atoms with Crippen LogP contribution in [-0.2, 0) is 0 Å². The van der Waals surface area contributed by atoms with Gasteiger partial charge in [-0.05, 0) is 112 Å². The Bertz CT molecular complexity index is 2970. The van der Waals surface area contributed by atoms with E-state index in [1.165, 1.54) is 0 Å². The van der Waals surface area contributed by atoms with E-state index in [9.17, 15) is 6.85 Å². The molecule has 0 bridgehead atoms. The molecule has 0 aliphatic rings. The molecule has 0 radical (unpaired) electrons. The molecule has 9 aromatic rings. The van der Waals surface area contributed by atoms with Crippen LogP contribution in [0.15, 0.2) is 182 Å². The predicted molar refractivity (Wildman–Crippen MR) is 198 cm³/mol. The first-order valence-electron chi connectivity index (χ1n) is 18.9. The maximum atomic E-state index is 10.0. The number of hydrogen-bond donors (Lipinski definition) is 0. The van der Waals surface area contributed by atoms with Crippen LogP contribution in [0.5, 0.6) is 0 Å². The fraction of sp³-hybridized carbons (Fsp3) is 0. The Kier molecular flexibility index (Phi) is 4.76. The van der Waals surface area contributed by atoms with E-state index in [2.05, 4.69) is 0 Å². The van der Waals surface area contributed by atoms with Crippen LogP contribution in [0, 0.1) is 0 Å². The van der Waals surface area contributed by atoms with E-state index in [0.717, 1.165) is 32.7 Å². The second-order valence-electron chi connectivity index (χ2n) is 11.6. The molecule has 0 nitrogen and oxygen atoms in total. The van der Waals surface area contributed by atoms with Crippen LogP contribution in [-0.4, -0.2) is 0 Å². The molecule has 214 valence electrons. The van der Waals surface area contributed by atoms with Crippen LogP contribution in [0.2, 0.25) is 0 Å². The van der Waals surface area contributed by atoms with Gasteiger partial charge in [-0.15, -0.1) is 0 Å². The third-order valence-corrected chi connectivity index (χ3v) is 8.83. The number of fused-ring (bicyclic) bond motifs is 4. The van der Waals surface area contributed by atoms with Crippen LogP contribution < -0.4 is 0 Å². The van der Waals surface area contributed by atoms with E-state index in [-0.39, 0.29) is 53.1 Å². The highest BCUT2D eigenvalue weighted by atomic mass is 14.2. The minimum Gasteiger partial charge on any atom is -0.0622 e. The van der Waals surface area contributed by atoms with Crippen molar-refractivity contribution < 1.29 is 9.60 Å². The largest absolute Gasteiger partial charge is 0.0636 e. The molecule has 0 unspecified atom stereocenters. The molecule has 0 aliphatic carbocycles. The summed E-state index contributed by atoms with van der Waals surface area (Å²) < 4.78 is 65.8. The summed E-state index contributed by atoms with van der Waals surface area (Å²) in [6, 6.07) is 43.6. The standard InChI is InChI=1S/C46H30/c1-2-11-31(12-3-1)36-17-10-18-39(28-36)45-41-19-8-9-20-42(41)46(40-24-22-33-14-5-7-16-35(33)29-40)44-30-38(25-26-43(44)45)37-23-21-32-13-4-6-15-34(32)27-37/h1-30H/i8D,9D,19D,20D,25D,26D,30D. The van der Waals surface area contributed by atoms with Crippen molar-refractivity contribution in [2.45, 2.75) is 0 Å². The first-order chi connectivity index (χ1) is 25.7. The summed E-state index contributed by atoms with van der Waals surface area (Å²) in [5.41, 5.74) is 4.90. The molecule has 46 heavy (non-hydrogen) atoms. The van der Waals surface area contributed by atoms with Gasteiger partial charge in [0.05, 0.1) is 9.60 Å². The lowest BCUT2D eigenvalue weighted by molar-refractivity contribution is 1.61. The van der Waals surface area contributed by atoms with Crippen molar-refractivity contribution in [1.82, 2.24) is 0 Å². The molecule has 0 N–H and O–H groups in total. The first-order valence-corrected chi connectivity index (χ1v) is 15.4. The van der Waals surface area contributed by atoms with Gasteiger partial charge in [0.15, 0.2) is 0 Å². The van der Waals surface area contributed by atoms with Crippen LogP contribution in [0.1, 0.15) is 9.60 Å². The fourth-order valence-electron chi connectivity index (χ4n) is 6.61. The highest BCUT2D eigenvalue weighted by Crippen LogP contribution is 2.46. The van der Waals surface area contributed by atoms with Crippen molar-refractivity contribution in [3.05, 3.63) is 182 Å². The summed E-state index contributed by atoms with van der Waals surface area (Å²) in [6.45, 7) is 0. The highest BCUT2D eigenvalue weighted by molar-refractivity contribution is 6.22. The zero-order valence-electron chi connectivity index (χ0n) is 31.8. The highest BCUT2D eigenvalue weighted by Gasteiger charge is 2.18. The lowest BCUT2D eigenvalue weighted by Crippen LogP contribution is -1.92. The second kappa shape index (κ2) is 10.9. The van der Waals surface area contributed by atoms with Crippen molar-refractivity contribution >= 4 is 43.1 Å². The van der Waals surface area contributed by atoms with Gasteiger partial charge in [0.2, 0.25) is 0 Å². The van der Waals surface area contributed by atoms with Gasteiger partial charge in [-0.2, -0.15) is 0 Å². The summed E-state index contributed by atoms with van der Waals surface area (Å²) >= 11 is 0. The summed E-state index contributed by atoms with van der Waals surface area (Å²) in [5.74, 6) is 0. The number of hydrogen-bond acceptors (Lipinski definition) is 0. The molecule has 0 aromatic heterocycles. The first kappa shape index (κ1) is 20.1. The molecule has 0 saturated carbocycles. The number of benzene rings is 9. The average Bonchev–Trinajstić information content (AvgIpc) is 3.20. The summed E-state index contributed by atoms with van der Waals surface area (Å²) in [7, 11) is 0. The Morgan fingerprint density at radius 2 is 0.804 bits per heavy atom. The maximum absolute atomic E-state index is 10.0. The van der Waals surface area contributed by atoms with E-state index in [4.69, 9.17) is 2.74 Å². The predicted octanol–water partition coefficient (Wildman–Crippen LogP) is 13.0. The molecule has 0 aliphatic heterocycles. The van der Waals surface area contributed by atoms with Crippen molar-refractivity contribution in [3.8, 4) is 44.5 Å². The fourth-order valence-corrected chi connectivity index (χ4v) is 6.61. The lowest BCUT2D eigenvalue weighted by atomic mass is 9.84. The van der Waals surface area contributed by atoms with E-state index in [1.54, 1.807) is 0 Å². The summed E-state index contributed by atoms with van der Waals surface area (Å²) in [4.78, 5) is 0. The molecular weight excluding hydrogens is 553 g/mol. The minimum absolute atomic E-state index is 0.0224. The van der Waals surface area contributed by atoms with Gasteiger partial charge < -0.3 is 0 Å². The van der Waals surface area contributed by atoms with Gasteiger partial charge in [-0.25, -0.2) is 0 Å². The van der Waals surface area contributed by atoms with E-state index in [1.807, 2.05) is 140 Å². The maximum Gasteiger partial charge on any atom is 0.0636 e. The van der Waals surface area contributed by atoms with E-state index >= 15 is 0 Å². The third-order valence-electron chi connectivity index (χ3n) is 8.83. The summed E-state index contributed by atoms with van der Waals surface area (Å²) in [5, 5.41) is 5.07. The Morgan fingerprint density at radius 3 is 1.52 bits per heavy atom.